The number of hydrogen-bond donors (Lipinski definition) is 2. The molecule has 20 heavy (non-hydrogen) atoms. The molecule has 0 aromatic heterocycles. The van der Waals surface area contributed by atoms with Crippen molar-refractivity contribution in [1.82, 2.24) is 0 Å². The van der Waals surface area contributed by atoms with E-state index in [1.807, 2.05) is 49.4 Å². The van der Waals surface area contributed by atoms with Crippen LogP contribution in [0, 0.1) is 6.92 Å². The highest BCUT2D eigenvalue weighted by Crippen LogP contribution is 2.19. The highest BCUT2D eigenvalue weighted by atomic mass is 79.9. The summed E-state index contributed by atoms with van der Waals surface area (Å²) in [4.78, 5) is 0. The summed E-state index contributed by atoms with van der Waals surface area (Å²) in [5.74, 6) is 0.918. The molecule has 5 heteroatoms. The molecule has 0 spiro atoms. The van der Waals surface area contributed by atoms with Gasteiger partial charge in [0.05, 0.1) is 0 Å². The van der Waals surface area contributed by atoms with Gasteiger partial charge in [0, 0.05) is 10.0 Å². The van der Waals surface area contributed by atoms with Crippen LogP contribution in [-0.4, -0.2) is 11.0 Å². The fourth-order valence-corrected chi connectivity index (χ4v) is 2.03. The predicted octanol–water partition coefficient (Wildman–Crippen LogP) is 3.43. The summed E-state index contributed by atoms with van der Waals surface area (Å²) in [6.07, 6.45) is 0. The fraction of sp³-hybridized carbons (Fsp3) is 0.133. The fourth-order valence-electron chi connectivity index (χ4n) is 1.77. The summed E-state index contributed by atoms with van der Waals surface area (Å²) in [5.41, 5.74) is 8.34. The number of rotatable bonds is 4. The third-order valence-electron chi connectivity index (χ3n) is 2.95. The van der Waals surface area contributed by atoms with Gasteiger partial charge in [0.25, 0.3) is 0 Å². The molecule has 2 aromatic carbocycles. The smallest absolute Gasteiger partial charge is 0.170 e. The summed E-state index contributed by atoms with van der Waals surface area (Å²) in [6.45, 7) is 2.44. The molecular weight excluding hydrogens is 320 g/mol. The van der Waals surface area contributed by atoms with Crippen LogP contribution >= 0.6 is 15.9 Å². The van der Waals surface area contributed by atoms with E-state index < -0.39 is 0 Å². The van der Waals surface area contributed by atoms with Crippen LogP contribution in [0.25, 0.3) is 0 Å². The van der Waals surface area contributed by atoms with Crippen molar-refractivity contribution in [3.63, 3.8) is 0 Å². The predicted molar refractivity (Wildman–Crippen MR) is 82.2 cm³/mol. The number of oxime groups is 1. The average Bonchev–Trinajstić information content (AvgIpc) is 2.46. The summed E-state index contributed by atoms with van der Waals surface area (Å²) in [6, 6.07) is 13.3. The molecule has 3 N–H and O–H groups in total. The summed E-state index contributed by atoms with van der Waals surface area (Å²) >= 11 is 3.38. The van der Waals surface area contributed by atoms with Gasteiger partial charge in [-0.05, 0) is 48.4 Å². The lowest BCUT2D eigenvalue weighted by atomic mass is 10.1. The number of aryl methyl sites for hydroxylation is 1. The number of amidine groups is 1. The Labute approximate surface area is 126 Å². The van der Waals surface area contributed by atoms with Crippen molar-refractivity contribution in [2.24, 2.45) is 10.9 Å². The van der Waals surface area contributed by atoms with Crippen LogP contribution in [0.5, 0.6) is 5.75 Å². The molecular formula is C15H15BrN2O2. The van der Waals surface area contributed by atoms with E-state index in [0.717, 1.165) is 21.3 Å². The molecule has 2 rings (SSSR count). The molecule has 0 saturated heterocycles. The highest BCUT2D eigenvalue weighted by Gasteiger charge is 2.04. The molecule has 4 nitrogen and oxygen atoms in total. The van der Waals surface area contributed by atoms with Gasteiger partial charge in [0.2, 0.25) is 0 Å². The van der Waals surface area contributed by atoms with E-state index in [1.54, 1.807) is 0 Å². The first-order valence-corrected chi connectivity index (χ1v) is 6.85. The van der Waals surface area contributed by atoms with Crippen molar-refractivity contribution in [2.45, 2.75) is 13.5 Å². The summed E-state index contributed by atoms with van der Waals surface area (Å²) in [5, 5.41) is 11.6. The zero-order valence-corrected chi connectivity index (χ0v) is 12.6. The quantitative estimate of drug-likeness (QED) is 0.389. The van der Waals surface area contributed by atoms with Crippen molar-refractivity contribution < 1.29 is 9.94 Å². The van der Waals surface area contributed by atoms with Gasteiger partial charge < -0.3 is 15.7 Å². The van der Waals surface area contributed by atoms with E-state index in [-0.39, 0.29) is 5.84 Å². The van der Waals surface area contributed by atoms with Gasteiger partial charge in [-0.1, -0.05) is 33.2 Å². The van der Waals surface area contributed by atoms with Crippen molar-refractivity contribution in [3.8, 4) is 5.75 Å². The standard InChI is InChI=1S/C15H15BrN2O2/c1-10-8-11(15(17)18-19)2-3-12(10)9-20-14-6-4-13(16)5-7-14/h2-8,19H,9H2,1H3,(H2,17,18). The van der Waals surface area contributed by atoms with Crippen LogP contribution in [0.3, 0.4) is 0 Å². The van der Waals surface area contributed by atoms with Crippen LogP contribution in [-0.2, 0) is 6.61 Å². The Morgan fingerprint density at radius 1 is 1.25 bits per heavy atom. The third kappa shape index (κ3) is 3.51. The van der Waals surface area contributed by atoms with Gasteiger partial charge >= 0.3 is 0 Å². The van der Waals surface area contributed by atoms with Gasteiger partial charge in [-0.2, -0.15) is 0 Å². The van der Waals surface area contributed by atoms with Gasteiger partial charge in [-0.25, -0.2) is 0 Å². The molecule has 2 aromatic rings. The minimum absolute atomic E-state index is 0.105. The molecule has 0 fully saturated rings. The van der Waals surface area contributed by atoms with Crippen LogP contribution < -0.4 is 10.5 Å². The van der Waals surface area contributed by atoms with Crippen LogP contribution in [0.1, 0.15) is 16.7 Å². The molecule has 0 aliphatic carbocycles. The van der Waals surface area contributed by atoms with Crippen LogP contribution in [0.2, 0.25) is 0 Å². The van der Waals surface area contributed by atoms with Gasteiger partial charge in [-0.15, -0.1) is 0 Å². The summed E-state index contributed by atoms with van der Waals surface area (Å²) < 4.78 is 6.74. The average molecular weight is 335 g/mol. The van der Waals surface area contributed by atoms with E-state index in [9.17, 15) is 0 Å². The Morgan fingerprint density at radius 2 is 1.95 bits per heavy atom. The molecule has 104 valence electrons. The number of nitrogens with two attached hydrogens (primary N) is 1. The number of ether oxygens (including phenoxy) is 1. The van der Waals surface area contributed by atoms with Gasteiger partial charge in [-0.3, -0.25) is 0 Å². The van der Waals surface area contributed by atoms with Crippen molar-refractivity contribution in [1.29, 1.82) is 0 Å². The SMILES string of the molecule is Cc1cc(/C(N)=N/O)ccc1COc1ccc(Br)cc1. The van der Waals surface area contributed by atoms with Crippen molar-refractivity contribution >= 4 is 21.8 Å². The molecule has 0 bridgehead atoms. The molecule has 0 amide bonds. The maximum Gasteiger partial charge on any atom is 0.170 e. The Kier molecular flexibility index (Phi) is 4.63. The molecule has 0 radical (unpaired) electrons. The number of halogens is 1. The lowest BCUT2D eigenvalue weighted by molar-refractivity contribution is 0.305. The van der Waals surface area contributed by atoms with E-state index in [1.165, 1.54) is 0 Å². The first kappa shape index (κ1) is 14.4. The van der Waals surface area contributed by atoms with E-state index in [4.69, 9.17) is 15.7 Å². The Hall–Kier alpha value is -2.01. The first-order chi connectivity index (χ1) is 9.60. The number of hydrogen-bond acceptors (Lipinski definition) is 3. The molecule has 0 unspecified atom stereocenters. The topological polar surface area (TPSA) is 67.8 Å². The molecule has 0 aliphatic heterocycles. The maximum absolute atomic E-state index is 8.66. The van der Waals surface area contributed by atoms with Gasteiger partial charge in [0.15, 0.2) is 5.84 Å². The molecule has 0 atom stereocenters. The lowest BCUT2D eigenvalue weighted by Gasteiger charge is -2.10. The second-order valence-electron chi connectivity index (χ2n) is 4.37. The number of nitrogens with zero attached hydrogens (tertiary/aromatic N) is 1. The molecule has 0 saturated carbocycles. The van der Waals surface area contributed by atoms with Crippen LogP contribution in [0.4, 0.5) is 0 Å². The molecule has 0 aliphatic rings. The van der Waals surface area contributed by atoms with E-state index in [2.05, 4.69) is 21.1 Å². The monoisotopic (exact) mass is 334 g/mol. The van der Waals surface area contributed by atoms with Crippen LogP contribution in [0.15, 0.2) is 52.1 Å². The van der Waals surface area contributed by atoms with Crippen molar-refractivity contribution in [2.75, 3.05) is 0 Å². The van der Waals surface area contributed by atoms with Gasteiger partial charge in [0.1, 0.15) is 12.4 Å². The zero-order chi connectivity index (χ0) is 14.5. The largest absolute Gasteiger partial charge is 0.489 e. The Bertz CT molecular complexity index is 624. The number of benzene rings is 2. The van der Waals surface area contributed by atoms with E-state index in [0.29, 0.717) is 12.2 Å². The Balaban J connectivity index is 2.08. The highest BCUT2D eigenvalue weighted by molar-refractivity contribution is 9.10. The second-order valence-corrected chi connectivity index (χ2v) is 5.28. The second kappa shape index (κ2) is 6.43. The zero-order valence-electron chi connectivity index (χ0n) is 11.0. The lowest BCUT2D eigenvalue weighted by Crippen LogP contribution is -2.13. The third-order valence-corrected chi connectivity index (χ3v) is 3.48. The van der Waals surface area contributed by atoms with E-state index >= 15 is 0 Å². The molecule has 0 heterocycles. The maximum atomic E-state index is 8.66. The normalized spacial score (nSPS) is 11.4. The van der Waals surface area contributed by atoms with Crippen molar-refractivity contribution in [3.05, 3.63) is 63.6 Å². The first-order valence-electron chi connectivity index (χ1n) is 6.06. The minimum atomic E-state index is 0.105. The minimum Gasteiger partial charge on any atom is -0.489 e. The summed E-state index contributed by atoms with van der Waals surface area (Å²) in [7, 11) is 0. The Morgan fingerprint density at radius 3 is 2.55 bits per heavy atom.